The molecule has 104 valence electrons. The van der Waals surface area contributed by atoms with Crippen molar-refractivity contribution in [3.05, 3.63) is 0 Å². The molecule has 1 saturated carbocycles. The first-order valence-electron chi connectivity index (χ1n) is 6.31. The van der Waals surface area contributed by atoms with E-state index in [1.165, 1.54) is 4.90 Å². The van der Waals surface area contributed by atoms with E-state index in [2.05, 4.69) is 0 Å². The fraction of sp³-hybridized carbons (Fsp3) is 0.846. The SMILES string of the molecule is CCOC(=O)C1(CN(C)C(=O)OC(C)(C)C)CC1. The molecule has 0 aromatic rings. The second-order valence-electron chi connectivity index (χ2n) is 5.84. The van der Waals surface area contributed by atoms with Gasteiger partial charge in [-0.1, -0.05) is 0 Å². The molecule has 0 aromatic heterocycles. The number of amides is 1. The summed E-state index contributed by atoms with van der Waals surface area (Å²) >= 11 is 0. The summed E-state index contributed by atoms with van der Waals surface area (Å²) in [6.45, 7) is 7.97. The van der Waals surface area contributed by atoms with Crippen LogP contribution in [0.4, 0.5) is 4.79 Å². The van der Waals surface area contributed by atoms with E-state index in [-0.39, 0.29) is 5.97 Å². The first kappa shape index (κ1) is 14.8. The van der Waals surface area contributed by atoms with Crippen molar-refractivity contribution in [2.24, 2.45) is 5.41 Å². The fourth-order valence-corrected chi connectivity index (χ4v) is 1.72. The van der Waals surface area contributed by atoms with Gasteiger partial charge >= 0.3 is 12.1 Å². The van der Waals surface area contributed by atoms with Crippen molar-refractivity contribution in [3.63, 3.8) is 0 Å². The quantitative estimate of drug-likeness (QED) is 0.724. The molecule has 1 fully saturated rings. The van der Waals surface area contributed by atoms with Crippen molar-refractivity contribution in [2.45, 2.75) is 46.1 Å². The molecular weight excluding hydrogens is 234 g/mol. The molecular formula is C13H23NO4. The third-order valence-corrected chi connectivity index (χ3v) is 2.81. The van der Waals surface area contributed by atoms with Gasteiger partial charge < -0.3 is 14.4 Å². The molecule has 1 rings (SSSR count). The lowest BCUT2D eigenvalue weighted by Gasteiger charge is -2.26. The van der Waals surface area contributed by atoms with E-state index < -0.39 is 17.1 Å². The van der Waals surface area contributed by atoms with Crippen molar-refractivity contribution in [2.75, 3.05) is 20.2 Å². The summed E-state index contributed by atoms with van der Waals surface area (Å²) in [5, 5.41) is 0. The number of ether oxygens (including phenoxy) is 2. The topological polar surface area (TPSA) is 55.8 Å². The molecule has 0 spiro atoms. The van der Waals surface area contributed by atoms with Crippen LogP contribution in [-0.2, 0) is 14.3 Å². The number of esters is 1. The normalized spacial score (nSPS) is 16.9. The summed E-state index contributed by atoms with van der Waals surface area (Å²) in [7, 11) is 1.65. The molecule has 5 heteroatoms. The molecule has 5 nitrogen and oxygen atoms in total. The molecule has 0 aliphatic heterocycles. The summed E-state index contributed by atoms with van der Waals surface area (Å²) in [5.41, 5.74) is -1.02. The Morgan fingerprint density at radius 3 is 2.22 bits per heavy atom. The second kappa shape index (κ2) is 5.16. The lowest BCUT2D eigenvalue weighted by atomic mass is 10.1. The number of nitrogens with zero attached hydrogens (tertiary/aromatic N) is 1. The second-order valence-corrected chi connectivity index (χ2v) is 5.84. The molecule has 0 bridgehead atoms. The summed E-state index contributed by atoms with van der Waals surface area (Å²) in [6.07, 6.45) is 1.15. The van der Waals surface area contributed by atoms with Crippen molar-refractivity contribution in [3.8, 4) is 0 Å². The lowest BCUT2D eigenvalue weighted by molar-refractivity contribution is -0.150. The van der Waals surface area contributed by atoms with Gasteiger partial charge in [0.05, 0.1) is 12.0 Å². The van der Waals surface area contributed by atoms with Crippen LogP contribution in [0.1, 0.15) is 40.5 Å². The van der Waals surface area contributed by atoms with Gasteiger partial charge in [-0.3, -0.25) is 4.79 Å². The van der Waals surface area contributed by atoms with Crippen molar-refractivity contribution < 1.29 is 19.1 Å². The van der Waals surface area contributed by atoms with E-state index in [0.29, 0.717) is 13.2 Å². The third kappa shape index (κ3) is 3.89. The molecule has 1 aliphatic rings. The van der Waals surface area contributed by atoms with Crippen LogP contribution in [0.15, 0.2) is 0 Å². The van der Waals surface area contributed by atoms with E-state index in [9.17, 15) is 9.59 Å². The van der Waals surface area contributed by atoms with Gasteiger partial charge in [0.1, 0.15) is 5.60 Å². The van der Waals surface area contributed by atoms with Crippen LogP contribution in [0.3, 0.4) is 0 Å². The number of carbonyl (C=O) groups is 2. The molecule has 0 unspecified atom stereocenters. The van der Waals surface area contributed by atoms with E-state index in [1.54, 1.807) is 14.0 Å². The minimum absolute atomic E-state index is 0.208. The standard InChI is InChI=1S/C13H23NO4/c1-6-17-10(15)13(7-8-13)9-14(5)11(16)18-12(2,3)4/h6-9H2,1-5H3. The maximum atomic E-state index is 11.8. The van der Waals surface area contributed by atoms with E-state index in [4.69, 9.17) is 9.47 Å². The smallest absolute Gasteiger partial charge is 0.410 e. The Bertz CT molecular complexity index is 328. The molecule has 0 aromatic carbocycles. The minimum Gasteiger partial charge on any atom is -0.466 e. The Morgan fingerprint density at radius 2 is 1.83 bits per heavy atom. The van der Waals surface area contributed by atoms with Gasteiger partial charge in [0.2, 0.25) is 0 Å². The minimum atomic E-state index is -0.522. The van der Waals surface area contributed by atoms with Crippen molar-refractivity contribution in [1.82, 2.24) is 4.90 Å². The Kier molecular flexibility index (Phi) is 4.24. The highest BCUT2D eigenvalue weighted by atomic mass is 16.6. The van der Waals surface area contributed by atoms with Gasteiger partial charge in [0.25, 0.3) is 0 Å². The van der Waals surface area contributed by atoms with Gasteiger partial charge in [0, 0.05) is 13.6 Å². The zero-order valence-electron chi connectivity index (χ0n) is 11.9. The molecule has 0 saturated heterocycles. The monoisotopic (exact) mass is 257 g/mol. The molecule has 18 heavy (non-hydrogen) atoms. The molecule has 1 aliphatic carbocycles. The van der Waals surface area contributed by atoms with Gasteiger partial charge in [-0.2, -0.15) is 0 Å². The predicted octanol–water partition coefficient (Wildman–Crippen LogP) is 2.20. The number of hydrogen-bond donors (Lipinski definition) is 0. The number of carbonyl (C=O) groups excluding carboxylic acids is 2. The molecule has 1 amide bonds. The van der Waals surface area contributed by atoms with Gasteiger partial charge in [0.15, 0.2) is 0 Å². The molecule has 0 atom stereocenters. The predicted molar refractivity (Wildman–Crippen MR) is 67.2 cm³/mol. The Morgan fingerprint density at radius 1 is 1.28 bits per heavy atom. The van der Waals surface area contributed by atoms with Crippen molar-refractivity contribution in [1.29, 1.82) is 0 Å². The zero-order valence-corrected chi connectivity index (χ0v) is 11.9. The number of rotatable bonds is 4. The largest absolute Gasteiger partial charge is 0.466 e. The summed E-state index contributed by atoms with van der Waals surface area (Å²) in [6, 6.07) is 0. The van der Waals surface area contributed by atoms with Crippen LogP contribution in [-0.4, -0.2) is 42.8 Å². The third-order valence-electron chi connectivity index (χ3n) is 2.81. The summed E-state index contributed by atoms with van der Waals surface area (Å²) in [4.78, 5) is 25.0. The summed E-state index contributed by atoms with van der Waals surface area (Å²) < 4.78 is 10.3. The fourth-order valence-electron chi connectivity index (χ4n) is 1.72. The highest BCUT2D eigenvalue weighted by Crippen LogP contribution is 2.47. The van der Waals surface area contributed by atoms with Gasteiger partial charge in [-0.15, -0.1) is 0 Å². The van der Waals surface area contributed by atoms with E-state index in [1.807, 2.05) is 20.8 Å². The average Bonchev–Trinajstić information content (AvgIpc) is 2.96. The maximum Gasteiger partial charge on any atom is 0.410 e. The van der Waals surface area contributed by atoms with E-state index in [0.717, 1.165) is 12.8 Å². The van der Waals surface area contributed by atoms with Gasteiger partial charge in [-0.05, 0) is 40.5 Å². The van der Waals surface area contributed by atoms with Crippen LogP contribution < -0.4 is 0 Å². The van der Waals surface area contributed by atoms with Crippen LogP contribution >= 0.6 is 0 Å². The van der Waals surface area contributed by atoms with Crippen LogP contribution in [0.2, 0.25) is 0 Å². The first-order chi connectivity index (χ1) is 8.20. The molecule has 0 radical (unpaired) electrons. The van der Waals surface area contributed by atoms with Crippen molar-refractivity contribution >= 4 is 12.1 Å². The van der Waals surface area contributed by atoms with Gasteiger partial charge in [-0.25, -0.2) is 4.79 Å². The highest BCUT2D eigenvalue weighted by Gasteiger charge is 2.52. The highest BCUT2D eigenvalue weighted by molar-refractivity contribution is 5.81. The average molecular weight is 257 g/mol. The Balaban J connectivity index is 2.52. The Hall–Kier alpha value is -1.26. The molecule has 0 heterocycles. The maximum absolute atomic E-state index is 11.8. The lowest BCUT2D eigenvalue weighted by Crippen LogP contribution is -2.40. The Labute approximate surface area is 108 Å². The number of hydrogen-bond acceptors (Lipinski definition) is 4. The van der Waals surface area contributed by atoms with E-state index >= 15 is 0 Å². The van der Waals surface area contributed by atoms with Crippen LogP contribution in [0.25, 0.3) is 0 Å². The zero-order chi connectivity index (χ0) is 14.0. The molecule has 0 N–H and O–H groups in total. The first-order valence-corrected chi connectivity index (χ1v) is 6.31. The van der Waals surface area contributed by atoms with Crippen LogP contribution in [0.5, 0.6) is 0 Å². The summed E-state index contributed by atoms with van der Waals surface area (Å²) in [5.74, 6) is -0.208. The van der Waals surface area contributed by atoms with Crippen LogP contribution in [0, 0.1) is 5.41 Å².